The van der Waals surface area contributed by atoms with Gasteiger partial charge in [0.05, 0.1) is 0 Å². The second kappa shape index (κ2) is 7.31. The standard InChI is InChI=1S/C21H18FN5O2/c1-27-19(28)21(26-20(27)23,16-5-7-18(8-6-16)29-12-22)17-4-2-3-14(9-17)15-10-24-13-25-11-15/h2-11,13H,12H2,1H3,(H2,23,26). The number of rotatable bonds is 5. The maximum Gasteiger partial charge on any atom is 0.266 e. The first-order chi connectivity index (χ1) is 14.1. The van der Waals surface area contributed by atoms with Crippen LogP contribution in [0.4, 0.5) is 4.39 Å². The van der Waals surface area contributed by atoms with Gasteiger partial charge in [-0.2, -0.15) is 0 Å². The lowest BCUT2D eigenvalue weighted by atomic mass is 9.82. The summed E-state index contributed by atoms with van der Waals surface area (Å²) in [6, 6.07) is 14.0. The predicted octanol–water partition coefficient (Wildman–Crippen LogP) is 2.48. The molecule has 0 fully saturated rings. The Labute approximate surface area is 166 Å². The van der Waals surface area contributed by atoms with Gasteiger partial charge in [-0.15, -0.1) is 0 Å². The molecule has 1 amide bonds. The molecule has 4 rings (SSSR count). The van der Waals surface area contributed by atoms with E-state index >= 15 is 0 Å². The molecule has 0 saturated carbocycles. The molecule has 1 aromatic heterocycles. The van der Waals surface area contributed by atoms with E-state index in [2.05, 4.69) is 15.0 Å². The first-order valence-corrected chi connectivity index (χ1v) is 8.85. The zero-order valence-electron chi connectivity index (χ0n) is 15.6. The molecular weight excluding hydrogens is 373 g/mol. The van der Waals surface area contributed by atoms with Crippen LogP contribution in [0.5, 0.6) is 5.75 Å². The van der Waals surface area contributed by atoms with Crippen molar-refractivity contribution in [3.05, 3.63) is 78.4 Å². The van der Waals surface area contributed by atoms with Gasteiger partial charge in [0.25, 0.3) is 5.91 Å². The molecule has 7 nitrogen and oxygen atoms in total. The number of ether oxygens (including phenoxy) is 1. The summed E-state index contributed by atoms with van der Waals surface area (Å²) < 4.78 is 17.3. The minimum Gasteiger partial charge on any atom is -0.463 e. The molecule has 0 bridgehead atoms. The molecular formula is C21H18FN5O2. The number of likely N-dealkylation sites (N-methyl/N-ethyl adjacent to an activating group) is 1. The summed E-state index contributed by atoms with van der Waals surface area (Å²) in [7, 11) is 1.58. The fourth-order valence-corrected chi connectivity index (χ4v) is 3.41. The van der Waals surface area contributed by atoms with Crippen molar-refractivity contribution in [2.24, 2.45) is 10.7 Å². The summed E-state index contributed by atoms with van der Waals surface area (Å²) in [5.41, 5.74) is 7.56. The molecule has 1 atom stereocenters. The SMILES string of the molecule is CN1C(=O)C(c2ccc(OCF)cc2)(c2cccc(-c3cncnc3)c2)N=C1N. The van der Waals surface area contributed by atoms with Gasteiger partial charge in [-0.25, -0.2) is 19.4 Å². The molecule has 1 aliphatic rings. The number of guanidine groups is 1. The third-order valence-corrected chi connectivity index (χ3v) is 4.91. The summed E-state index contributed by atoms with van der Waals surface area (Å²) in [5, 5.41) is 0. The number of alkyl halides is 1. The van der Waals surface area contributed by atoms with Crippen LogP contribution >= 0.6 is 0 Å². The quantitative estimate of drug-likeness (QED) is 0.721. The van der Waals surface area contributed by atoms with Gasteiger partial charge in [-0.05, 0) is 34.9 Å². The maximum atomic E-state index is 13.3. The minimum absolute atomic E-state index is 0.118. The zero-order valence-corrected chi connectivity index (χ0v) is 15.6. The van der Waals surface area contributed by atoms with Crippen LogP contribution < -0.4 is 10.5 Å². The number of nitrogens with zero attached hydrogens (tertiary/aromatic N) is 4. The largest absolute Gasteiger partial charge is 0.463 e. The Morgan fingerprint density at radius 2 is 1.79 bits per heavy atom. The lowest BCUT2D eigenvalue weighted by Gasteiger charge is -2.26. The highest BCUT2D eigenvalue weighted by Gasteiger charge is 2.49. The van der Waals surface area contributed by atoms with Gasteiger partial charge in [0.15, 0.2) is 11.5 Å². The van der Waals surface area contributed by atoms with Crippen molar-refractivity contribution in [1.29, 1.82) is 0 Å². The number of aromatic nitrogens is 2. The molecule has 146 valence electrons. The third kappa shape index (κ3) is 3.08. The van der Waals surface area contributed by atoms with Crippen LogP contribution in [-0.2, 0) is 10.3 Å². The highest BCUT2D eigenvalue weighted by Crippen LogP contribution is 2.40. The Bertz CT molecular complexity index is 1070. The number of benzene rings is 2. The summed E-state index contributed by atoms with van der Waals surface area (Å²) in [6.45, 7) is -0.932. The molecule has 8 heteroatoms. The first kappa shape index (κ1) is 18.5. The highest BCUT2D eigenvalue weighted by atomic mass is 19.1. The van der Waals surface area contributed by atoms with Crippen molar-refractivity contribution in [3.63, 3.8) is 0 Å². The lowest BCUT2D eigenvalue weighted by molar-refractivity contribution is -0.129. The van der Waals surface area contributed by atoms with E-state index in [1.54, 1.807) is 43.7 Å². The normalized spacial score (nSPS) is 18.6. The Morgan fingerprint density at radius 1 is 1.07 bits per heavy atom. The Hall–Kier alpha value is -3.81. The molecule has 2 heterocycles. The molecule has 0 spiro atoms. The molecule has 2 N–H and O–H groups in total. The van der Waals surface area contributed by atoms with Gasteiger partial charge in [0.2, 0.25) is 6.86 Å². The van der Waals surface area contributed by atoms with Crippen molar-refractivity contribution >= 4 is 11.9 Å². The molecule has 1 unspecified atom stereocenters. The van der Waals surface area contributed by atoms with E-state index in [1.165, 1.54) is 11.2 Å². The second-order valence-corrected chi connectivity index (χ2v) is 6.53. The third-order valence-electron chi connectivity index (χ3n) is 4.91. The van der Waals surface area contributed by atoms with Crippen LogP contribution in [0.3, 0.4) is 0 Å². The van der Waals surface area contributed by atoms with Crippen LogP contribution in [-0.4, -0.2) is 40.6 Å². The van der Waals surface area contributed by atoms with E-state index in [4.69, 9.17) is 10.5 Å². The Morgan fingerprint density at radius 3 is 2.41 bits per heavy atom. The Kier molecular flexibility index (Phi) is 4.67. The van der Waals surface area contributed by atoms with Crippen molar-refractivity contribution in [1.82, 2.24) is 14.9 Å². The van der Waals surface area contributed by atoms with E-state index in [0.29, 0.717) is 16.9 Å². The number of aliphatic imine (C=N–C) groups is 1. The van der Waals surface area contributed by atoms with Gasteiger partial charge in [-0.1, -0.05) is 30.3 Å². The molecule has 29 heavy (non-hydrogen) atoms. The number of hydrogen-bond acceptors (Lipinski definition) is 6. The average molecular weight is 391 g/mol. The van der Waals surface area contributed by atoms with Crippen LogP contribution in [0.2, 0.25) is 0 Å². The molecule has 3 aromatic rings. The van der Waals surface area contributed by atoms with Crippen molar-refractivity contribution in [2.75, 3.05) is 13.9 Å². The molecule has 0 radical (unpaired) electrons. The van der Waals surface area contributed by atoms with Crippen LogP contribution in [0.15, 0.2) is 72.2 Å². The zero-order chi connectivity index (χ0) is 20.4. The number of carbonyl (C=O) groups excluding carboxylic acids is 1. The summed E-state index contributed by atoms with van der Waals surface area (Å²) in [5.74, 6) is 0.195. The summed E-state index contributed by atoms with van der Waals surface area (Å²) >= 11 is 0. The van der Waals surface area contributed by atoms with Crippen LogP contribution in [0.25, 0.3) is 11.1 Å². The van der Waals surface area contributed by atoms with Gasteiger partial charge in [-0.3, -0.25) is 9.69 Å². The van der Waals surface area contributed by atoms with Gasteiger partial charge in [0, 0.05) is 25.0 Å². The molecule has 0 aliphatic carbocycles. The van der Waals surface area contributed by atoms with Crippen molar-refractivity contribution in [3.8, 4) is 16.9 Å². The van der Waals surface area contributed by atoms with Crippen LogP contribution in [0, 0.1) is 0 Å². The molecule has 2 aromatic carbocycles. The smallest absolute Gasteiger partial charge is 0.266 e. The fourth-order valence-electron chi connectivity index (χ4n) is 3.41. The van der Waals surface area contributed by atoms with Crippen molar-refractivity contribution in [2.45, 2.75) is 5.54 Å². The predicted molar refractivity (Wildman–Crippen MR) is 106 cm³/mol. The second-order valence-electron chi connectivity index (χ2n) is 6.53. The number of carbonyl (C=O) groups is 1. The van der Waals surface area contributed by atoms with Crippen LogP contribution in [0.1, 0.15) is 11.1 Å². The number of halogens is 1. The van der Waals surface area contributed by atoms with Gasteiger partial charge >= 0.3 is 0 Å². The average Bonchev–Trinajstić information content (AvgIpc) is 3.00. The molecule has 1 aliphatic heterocycles. The minimum atomic E-state index is -1.35. The van der Waals surface area contributed by atoms with E-state index in [9.17, 15) is 9.18 Å². The Balaban J connectivity index is 1.88. The van der Waals surface area contributed by atoms with E-state index in [-0.39, 0.29) is 11.9 Å². The maximum absolute atomic E-state index is 13.3. The van der Waals surface area contributed by atoms with E-state index in [0.717, 1.165) is 11.1 Å². The number of hydrogen-bond donors (Lipinski definition) is 1. The topological polar surface area (TPSA) is 93.7 Å². The van der Waals surface area contributed by atoms with E-state index < -0.39 is 12.4 Å². The monoisotopic (exact) mass is 391 g/mol. The number of nitrogens with two attached hydrogens (primary N) is 1. The van der Waals surface area contributed by atoms with E-state index in [1.807, 2.05) is 24.3 Å². The molecule has 0 saturated heterocycles. The first-order valence-electron chi connectivity index (χ1n) is 8.85. The van der Waals surface area contributed by atoms with Gasteiger partial charge < -0.3 is 10.5 Å². The summed E-state index contributed by atoms with van der Waals surface area (Å²) in [4.78, 5) is 27.3. The van der Waals surface area contributed by atoms with Crippen molar-refractivity contribution < 1.29 is 13.9 Å². The highest BCUT2D eigenvalue weighted by molar-refractivity contribution is 6.09. The van der Waals surface area contributed by atoms with Gasteiger partial charge in [0.1, 0.15) is 12.1 Å². The number of amides is 1. The summed E-state index contributed by atoms with van der Waals surface area (Å²) in [6.07, 6.45) is 4.85. The fraction of sp³-hybridized carbons (Fsp3) is 0.143. The lowest BCUT2D eigenvalue weighted by Crippen LogP contribution is -2.41.